The van der Waals surface area contributed by atoms with Crippen LogP contribution in [-0.2, 0) is 17.0 Å². The molecule has 1 aliphatic heterocycles. The molecule has 1 atom stereocenters. The Kier molecular flexibility index (Phi) is 5.76. The quantitative estimate of drug-likeness (QED) is 0.530. The van der Waals surface area contributed by atoms with Crippen LogP contribution in [0.1, 0.15) is 18.4 Å². The van der Waals surface area contributed by atoms with Crippen LogP contribution in [0.5, 0.6) is 0 Å². The van der Waals surface area contributed by atoms with Crippen LogP contribution in [0.15, 0.2) is 53.7 Å². The van der Waals surface area contributed by atoms with Crippen molar-refractivity contribution in [3.63, 3.8) is 0 Å². The van der Waals surface area contributed by atoms with Gasteiger partial charge in [-0.05, 0) is 54.8 Å². The lowest BCUT2D eigenvalue weighted by atomic mass is 10.2. The molecule has 1 fully saturated rings. The molecule has 4 rings (SSSR count). The molecule has 0 amide bonds. The molecule has 4 nitrogen and oxygen atoms in total. The summed E-state index contributed by atoms with van der Waals surface area (Å²) in [5, 5.41) is 10.3. The van der Waals surface area contributed by atoms with Gasteiger partial charge in [0.05, 0.1) is 12.6 Å². The van der Waals surface area contributed by atoms with Crippen molar-refractivity contribution in [3.05, 3.63) is 64.9 Å². The summed E-state index contributed by atoms with van der Waals surface area (Å²) in [6, 6.07) is 14.2. The number of ether oxygens (including phenoxy) is 1. The maximum absolute atomic E-state index is 13.3. The van der Waals surface area contributed by atoms with E-state index in [2.05, 4.69) is 14.8 Å². The van der Waals surface area contributed by atoms with E-state index in [0.717, 1.165) is 52.3 Å². The Bertz CT molecular complexity index is 910. The third-order valence-corrected chi connectivity index (χ3v) is 5.76. The number of rotatable bonds is 6. The van der Waals surface area contributed by atoms with Crippen LogP contribution in [0.4, 0.5) is 4.39 Å². The lowest BCUT2D eigenvalue weighted by molar-refractivity contribution is 0.0953. The van der Waals surface area contributed by atoms with Crippen molar-refractivity contribution < 1.29 is 9.13 Å². The van der Waals surface area contributed by atoms with Gasteiger partial charge in [-0.1, -0.05) is 35.5 Å². The Labute approximate surface area is 166 Å². The molecule has 1 saturated heterocycles. The number of benzene rings is 2. The lowest BCUT2D eigenvalue weighted by Gasteiger charge is -2.14. The van der Waals surface area contributed by atoms with Gasteiger partial charge in [0.2, 0.25) is 0 Å². The van der Waals surface area contributed by atoms with E-state index < -0.39 is 0 Å². The molecule has 0 unspecified atom stereocenters. The first-order valence-corrected chi connectivity index (χ1v) is 10.2. The Hall–Kier alpha value is -1.89. The molecule has 7 heteroatoms. The fourth-order valence-electron chi connectivity index (χ4n) is 3.14. The van der Waals surface area contributed by atoms with Crippen LogP contribution in [0.2, 0.25) is 5.02 Å². The molecule has 0 saturated carbocycles. The Morgan fingerprint density at radius 3 is 2.78 bits per heavy atom. The topological polar surface area (TPSA) is 39.9 Å². The molecule has 2 heterocycles. The largest absolute Gasteiger partial charge is 0.376 e. The lowest BCUT2D eigenvalue weighted by Crippen LogP contribution is -2.16. The smallest absolute Gasteiger partial charge is 0.191 e. The second-order valence-electron chi connectivity index (χ2n) is 6.48. The molecular weight excluding hydrogens is 385 g/mol. The molecule has 3 aromatic rings. The molecule has 27 heavy (non-hydrogen) atoms. The summed E-state index contributed by atoms with van der Waals surface area (Å²) in [5.41, 5.74) is 1.97. The predicted octanol–water partition coefficient (Wildman–Crippen LogP) is 5.21. The standard InChI is InChI=1S/C20H19ClFN3OS/c21-16-4-1-3-14(11-16)13-27-20-24-23-19(15-6-8-17(22)9-7-15)25(20)12-18-5-2-10-26-18/h1,3-4,6-9,11,18H,2,5,10,12-13H2/t18-/m0/s1. The van der Waals surface area contributed by atoms with Gasteiger partial charge in [-0.15, -0.1) is 10.2 Å². The van der Waals surface area contributed by atoms with Crippen molar-refractivity contribution in [2.45, 2.75) is 36.4 Å². The van der Waals surface area contributed by atoms with E-state index in [1.807, 2.05) is 24.3 Å². The fourth-order valence-corrected chi connectivity index (χ4v) is 4.24. The summed E-state index contributed by atoms with van der Waals surface area (Å²) < 4.78 is 21.2. The van der Waals surface area contributed by atoms with Crippen molar-refractivity contribution in [1.29, 1.82) is 0 Å². The normalized spacial score (nSPS) is 16.7. The molecule has 1 aliphatic rings. The second kappa shape index (κ2) is 8.42. The van der Waals surface area contributed by atoms with Gasteiger partial charge in [-0.3, -0.25) is 4.57 Å². The number of aromatic nitrogens is 3. The molecule has 0 radical (unpaired) electrons. The van der Waals surface area contributed by atoms with E-state index in [1.54, 1.807) is 23.9 Å². The number of halogens is 2. The van der Waals surface area contributed by atoms with Crippen LogP contribution >= 0.6 is 23.4 Å². The average Bonchev–Trinajstić information content (AvgIpc) is 3.31. The van der Waals surface area contributed by atoms with Gasteiger partial charge >= 0.3 is 0 Å². The first-order valence-electron chi connectivity index (χ1n) is 8.87. The van der Waals surface area contributed by atoms with Gasteiger partial charge in [0.1, 0.15) is 5.82 Å². The summed E-state index contributed by atoms with van der Waals surface area (Å²) in [4.78, 5) is 0. The van der Waals surface area contributed by atoms with Gasteiger partial charge in [-0.2, -0.15) is 0 Å². The molecule has 140 valence electrons. The molecule has 2 aromatic carbocycles. The number of hydrogen-bond acceptors (Lipinski definition) is 4. The third kappa shape index (κ3) is 4.51. The molecular formula is C20H19ClFN3OS. The summed E-state index contributed by atoms with van der Waals surface area (Å²) in [6.45, 7) is 1.49. The van der Waals surface area contributed by atoms with E-state index in [-0.39, 0.29) is 11.9 Å². The maximum Gasteiger partial charge on any atom is 0.191 e. The van der Waals surface area contributed by atoms with E-state index >= 15 is 0 Å². The fraction of sp³-hybridized carbons (Fsp3) is 0.300. The van der Waals surface area contributed by atoms with E-state index in [9.17, 15) is 4.39 Å². The molecule has 0 N–H and O–H groups in total. The van der Waals surface area contributed by atoms with Gasteiger partial charge in [0, 0.05) is 22.9 Å². The van der Waals surface area contributed by atoms with Crippen molar-refractivity contribution in [1.82, 2.24) is 14.8 Å². The third-order valence-electron chi connectivity index (χ3n) is 4.49. The van der Waals surface area contributed by atoms with Crippen LogP contribution in [0.3, 0.4) is 0 Å². The maximum atomic E-state index is 13.3. The van der Waals surface area contributed by atoms with E-state index in [4.69, 9.17) is 16.3 Å². The minimum Gasteiger partial charge on any atom is -0.376 e. The Balaban J connectivity index is 1.60. The van der Waals surface area contributed by atoms with Gasteiger partial charge in [0.25, 0.3) is 0 Å². The van der Waals surface area contributed by atoms with Crippen molar-refractivity contribution in [2.75, 3.05) is 6.61 Å². The zero-order valence-corrected chi connectivity index (χ0v) is 16.2. The van der Waals surface area contributed by atoms with E-state index in [1.165, 1.54) is 12.1 Å². The first-order chi connectivity index (χ1) is 13.2. The second-order valence-corrected chi connectivity index (χ2v) is 7.86. The zero-order chi connectivity index (χ0) is 18.6. The van der Waals surface area contributed by atoms with Gasteiger partial charge in [0.15, 0.2) is 11.0 Å². The summed E-state index contributed by atoms with van der Waals surface area (Å²) in [7, 11) is 0. The summed E-state index contributed by atoms with van der Waals surface area (Å²) in [6.07, 6.45) is 2.26. The zero-order valence-electron chi connectivity index (χ0n) is 14.6. The Morgan fingerprint density at radius 1 is 1.19 bits per heavy atom. The number of thioether (sulfide) groups is 1. The minimum absolute atomic E-state index is 0.158. The van der Waals surface area contributed by atoms with Crippen molar-refractivity contribution in [2.24, 2.45) is 0 Å². The van der Waals surface area contributed by atoms with Crippen LogP contribution in [-0.4, -0.2) is 27.5 Å². The highest BCUT2D eigenvalue weighted by Gasteiger charge is 2.21. The van der Waals surface area contributed by atoms with Crippen LogP contribution in [0.25, 0.3) is 11.4 Å². The van der Waals surface area contributed by atoms with Gasteiger partial charge < -0.3 is 4.74 Å². The van der Waals surface area contributed by atoms with Gasteiger partial charge in [-0.25, -0.2) is 4.39 Å². The molecule has 0 spiro atoms. The van der Waals surface area contributed by atoms with Crippen molar-refractivity contribution >= 4 is 23.4 Å². The highest BCUT2D eigenvalue weighted by atomic mass is 35.5. The summed E-state index contributed by atoms with van der Waals surface area (Å²) in [5.74, 6) is 1.21. The highest BCUT2D eigenvalue weighted by Crippen LogP contribution is 2.29. The average molecular weight is 404 g/mol. The monoisotopic (exact) mass is 403 g/mol. The molecule has 0 bridgehead atoms. The number of nitrogens with zero attached hydrogens (tertiary/aromatic N) is 3. The molecule has 0 aliphatic carbocycles. The highest BCUT2D eigenvalue weighted by molar-refractivity contribution is 7.98. The first kappa shape index (κ1) is 18.5. The number of hydrogen-bond donors (Lipinski definition) is 0. The predicted molar refractivity (Wildman–Crippen MR) is 105 cm³/mol. The Morgan fingerprint density at radius 2 is 2.04 bits per heavy atom. The van der Waals surface area contributed by atoms with E-state index in [0.29, 0.717) is 6.54 Å². The van der Waals surface area contributed by atoms with Crippen LogP contribution in [0, 0.1) is 5.82 Å². The molecule has 1 aromatic heterocycles. The SMILES string of the molecule is Fc1ccc(-c2nnc(SCc3cccc(Cl)c3)n2C[C@@H]2CCCO2)cc1. The van der Waals surface area contributed by atoms with Crippen LogP contribution < -0.4 is 0 Å². The van der Waals surface area contributed by atoms with Crippen molar-refractivity contribution in [3.8, 4) is 11.4 Å². The summed E-state index contributed by atoms with van der Waals surface area (Å²) >= 11 is 7.69. The minimum atomic E-state index is -0.264.